The van der Waals surface area contributed by atoms with Crippen LogP contribution in [0, 0.1) is 0 Å². The average molecular weight is 370 g/mol. The van der Waals surface area contributed by atoms with E-state index < -0.39 is 0 Å². The van der Waals surface area contributed by atoms with Crippen molar-refractivity contribution in [3.8, 4) is 0 Å². The normalized spacial score (nSPS) is 15.6. The van der Waals surface area contributed by atoms with E-state index in [1.807, 2.05) is 18.2 Å². The number of rotatable bonds is 8. The molecule has 0 atom stereocenters. The molecule has 27 heavy (non-hydrogen) atoms. The minimum absolute atomic E-state index is 0.283. The van der Waals surface area contributed by atoms with Crippen LogP contribution in [0.1, 0.15) is 44.6 Å². The van der Waals surface area contributed by atoms with Crippen LogP contribution < -0.4 is 4.90 Å². The average Bonchev–Trinajstić information content (AvgIpc) is 2.73. The maximum atomic E-state index is 12.9. The lowest BCUT2D eigenvalue weighted by Gasteiger charge is -2.38. The van der Waals surface area contributed by atoms with Gasteiger partial charge in [0.1, 0.15) is 0 Å². The minimum atomic E-state index is 0.283. The summed E-state index contributed by atoms with van der Waals surface area (Å²) < 4.78 is 0. The Morgan fingerprint density at radius 3 is 2.26 bits per heavy atom. The van der Waals surface area contributed by atoms with Gasteiger partial charge in [-0.05, 0) is 43.4 Å². The van der Waals surface area contributed by atoms with Gasteiger partial charge >= 0.3 is 0 Å². The smallest absolute Gasteiger partial charge is 0.227 e. The summed E-state index contributed by atoms with van der Waals surface area (Å²) in [6.07, 6.45) is 5.90. The molecule has 1 heterocycles. The van der Waals surface area contributed by atoms with Gasteiger partial charge in [-0.3, -0.25) is 4.79 Å². The molecule has 0 bridgehead atoms. The van der Waals surface area contributed by atoms with E-state index in [0.29, 0.717) is 12.5 Å². The number of hydrogen-bond acceptors (Lipinski definition) is 2. The molecule has 144 valence electrons. The van der Waals surface area contributed by atoms with Gasteiger partial charge < -0.3 is 9.80 Å². The fourth-order valence-corrected chi connectivity index (χ4v) is 3.93. The highest BCUT2D eigenvalue weighted by atomic mass is 16.2. The van der Waals surface area contributed by atoms with Crippen molar-refractivity contribution >= 4 is 11.6 Å². The Kier molecular flexibility index (Phi) is 7.46. The van der Waals surface area contributed by atoms with Crippen molar-refractivity contribution in [2.24, 2.45) is 0 Å². The van der Waals surface area contributed by atoms with E-state index in [9.17, 15) is 4.79 Å². The first-order chi connectivity index (χ1) is 13.3. The molecule has 0 spiro atoms. The third-order valence-electron chi connectivity index (χ3n) is 5.53. The zero-order valence-corrected chi connectivity index (χ0v) is 16.5. The number of anilines is 1. The lowest BCUT2D eigenvalue weighted by molar-refractivity contribution is -0.119. The first-order valence-electron chi connectivity index (χ1n) is 10.4. The van der Waals surface area contributed by atoms with Gasteiger partial charge in [0.2, 0.25) is 5.91 Å². The van der Waals surface area contributed by atoms with E-state index in [2.05, 4.69) is 59.2 Å². The van der Waals surface area contributed by atoms with Crippen LogP contribution in [0.2, 0.25) is 0 Å². The van der Waals surface area contributed by atoms with Crippen LogP contribution in [-0.2, 0) is 11.2 Å². The second-order valence-electron chi connectivity index (χ2n) is 7.51. The predicted molar refractivity (Wildman–Crippen MR) is 113 cm³/mol. The van der Waals surface area contributed by atoms with Crippen LogP contribution >= 0.6 is 0 Å². The lowest BCUT2D eigenvalue weighted by atomic mass is 10.0. The van der Waals surface area contributed by atoms with E-state index in [1.165, 1.54) is 5.56 Å². The van der Waals surface area contributed by atoms with Crippen molar-refractivity contribution in [1.29, 1.82) is 0 Å². The summed E-state index contributed by atoms with van der Waals surface area (Å²) >= 11 is 0. The summed E-state index contributed by atoms with van der Waals surface area (Å²) in [6, 6.07) is 21.3. The monoisotopic (exact) mass is 370 g/mol. The molecule has 2 aromatic rings. The molecular formula is C24H32N2O. The predicted octanol–water partition coefficient (Wildman–Crippen LogP) is 4.92. The van der Waals surface area contributed by atoms with Gasteiger partial charge in [0.25, 0.3) is 0 Å². The highest BCUT2D eigenvalue weighted by Crippen LogP contribution is 2.25. The number of hydrogen-bond donors (Lipinski definition) is 0. The summed E-state index contributed by atoms with van der Waals surface area (Å²) in [5, 5.41) is 0. The Hall–Kier alpha value is -2.13. The van der Waals surface area contributed by atoms with E-state index >= 15 is 0 Å². The second kappa shape index (κ2) is 10.3. The number of piperidine rings is 1. The SMILES string of the molecule is CCCCC(=O)N(C1CCN(CCc2ccccc2)CC1)[13c]1[13cH][13cH][13cH][13cH][13cH]1. The van der Waals surface area contributed by atoms with Gasteiger partial charge in [-0.15, -0.1) is 0 Å². The zero-order chi connectivity index (χ0) is 18.9. The largest absolute Gasteiger partial charge is 0.309 e. The third-order valence-corrected chi connectivity index (χ3v) is 5.53. The number of carbonyl (C=O) groups excluding carboxylic acids is 1. The summed E-state index contributed by atoms with van der Waals surface area (Å²) in [5.41, 5.74) is 2.46. The van der Waals surface area contributed by atoms with Crippen molar-refractivity contribution < 1.29 is 4.79 Å². The highest BCUT2D eigenvalue weighted by Gasteiger charge is 2.28. The molecule has 0 N–H and O–H groups in total. The molecule has 3 heteroatoms. The van der Waals surface area contributed by atoms with Crippen molar-refractivity contribution in [3.63, 3.8) is 0 Å². The number of para-hydroxylation sites is 1. The topological polar surface area (TPSA) is 23.6 Å². The molecule has 3 rings (SSSR count). The molecule has 0 aromatic heterocycles. The summed E-state index contributed by atoms with van der Waals surface area (Å²) in [5.74, 6) is 0.283. The number of likely N-dealkylation sites (tertiary alicyclic amines) is 1. The molecule has 1 fully saturated rings. The molecule has 0 unspecified atom stereocenters. The van der Waals surface area contributed by atoms with E-state index in [1.54, 1.807) is 0 Å². The Bertz CT molecular complexity index is 678. The highest BCUT2D eigenvalue weighted by molar-refractivity contribution is 5.93. The van der Waals surface area contributed by atoms with Gasteiger partial charge in [-0.2, -0.15) is 0 Å². The van der Waals surface area contributed by atoms with E-state index in [4.69, 9.17) is 0 Å². The molecule has 0 saturated carbocycles. The molecular weight excluding hydrogens is 338 g/mol. The fourth-order valence-electron chi connectivity index (χ4n) is 3.93. The molecule has 1 saturated heterocycles. The molecule has 1 aliphatic rings. The molecule has 0 radical (unpaired) electrons. The molecule has 2 aromatic carbocycles. The van der Waals surface area contributed by atoms with Crippen LogP contribution in [-0.4, -0.2) is 36.5 Å². The maximum absolute atomic E-state index is 12.9. The first kappa shape index (κ1) is 19.6. The van der Waals surface area contributed by atoms with Crippen molar-refractivity contribution in [1.82, 2.24) is 4.90 Å². The summed E-state index contributed by atoms with van der Waals surface area (Å²) in [6.45, 7) is 5.39. The Morgan fingerprint density at radius 1 is 1.00 bits per heavy atom. The van der Waals surface area contributed by atoms with Gasteiger partial charge in [0.15, 0.2) is 0 Å². The number of unbranched alkanes of at least 4 members (excludes halogenated alkanes) is 1. The molecule has 3 nitrogen and oxygen atoms in total. The van der Waals surface area contributed by atoms with Crippen LogP contribution in [0.15, 0.2) is 60.7 Å². The number of carbonyl (C=O) groups is 1. The van der Waals surface area contributed by atoms with Crippen molar-refractivity contribution in [2.75, 3.05) is 24.5 Å². The standard InChI is InChI=1S/C24H32N2O/c1-2-3-14-24(27)26(22-12-8-5-9-13-22)23-16-19-25(20-17-23)18-15-21-10-6-4-7-11-21/h4-13,23H,2-3,14-20H2,1H3/i5+1,8+1,9+1,12+1,13+1,22+1. The Balaban J connectivity index is 1.58. The lowest BCUT2D eigenvalue weighted by Crippen LogP contribution is -2.48. The molecule has 1 amide bonds. The van der Waals surface area contributed by atoms with Gasteiger partial charge in [0.05, 0.1) is 0 Å². The van der Waals surface area contributed by atoms with Crippen molar-refractivity contribution in [2.45, 2.75) is 51.5 Å². The minimum Gasteiger partial charge on any atom is -0.309 e. The quantitative estimate of drug-likeness (QED) is 0.659. The maximum Gasteiger partial charge on any atom is 0.227 e. The number of amides is 1. The fraction of sp³-hybridized carbons (Fsp3) is 0.458. The van der Waals surface area contributed by atoms with Gasteiger partial charge in [0, 0.05) is 37.8 Å². The second-order valence-corrected chi connectivity index (χ2v) is 7.51. The van der Waals surface area contributed by atoms with Crippen LogP contribution in [0.3, 0.4) is 0 Å². The van der Waals surface area contributed by atoms with Gasteiger partial charge in [-0.25, -0.2) is 0 Å². The van der Waals surface area contributed by atoms with Crippen LogP contribution in [0.4, 0.5) is 5.69 Å². The van der Waals surface area contributed by atoms with E-state index in [0.717, 1.165) is 57.4 Å². The van der Waals surface area contributed by atoms with E-state index in [-0.39, 0.29) is 5.91 Å². The summed E-state index contributed by atoms with van der Waals surface area (Å²) in [7, 11) is 0. The summed E-state index contributed by atoms with van der Waals surface area (Å²) in [4.78, 5) is 17.5. The van der Waals surface area contributed by atoms with Crippen LogP contribution in [0.25, 0.3) is 0 Å². The Morgan fingerprint density at radius 2 is 1.63 bits per heavy atom. The zero-order valence-electron chi connectivity index (χ0n) is 16.5. The van der Waals surface area contributed by atoms with Crippen LogP contribution in [0.5, 0.6) is 0 Å². The molecule has 1 aliphatic heterocycles. The number of nitrogens with zero attached hydrogens (tertiary/aromatic N) is 2. The Labute approximate surface area is 164 Å². The number of benzene rings is 2. The van der Waals surface area contributed by atoms with Gasteiger partial charge in [-0.1, -0.05) is 61.9 Å². The third kappa shape index (κ3) is 5.67. The first-order valence-corrected chi connectivity index (χ1v) is 10.4. The van der Waals surface area contributed by atoms with Crippen molar-refractivity contribution in [3.05, 3.63) is 66.2 Å². The molecule has 0 aliphatic carbocycles.